The van der Waals surface area contributed by atoms with Crippen LogP contribution in [-0.4, -0.2) is 37.3 Å². The van der Waals surface area contributed by atoms with Crippen LogP contribution in [0.1, 0.15) is 33.3 Å². The molecular formula is C19H26BNO2. The van der Waals surface area contributed by atoms with Crippen LogP contribution in [0.15, 0.2) is 36.4 Å². The van der Waals surface area contributed by atoms with E-state index in [4.69, 9.17) is 9.31 Å². The van der Waals surface area contributed by atoms with E-state index in [1.54, 1.807) is 0 Å². The van der Waals surface area contributed by atoms with Gasteiger partial charge in [-0.25, -0.2) is 0 Å². The maximum Gasteiger partial charge on any atom is 0.495 e. The van der Waals surface area contributed by atoms with E-state index in [1.165, 1.54) is 16.3 Å². The molecule has 0 atom stereocenters. The molecular weight excluding hydrogens is 285 g/mol. The SMILES string of the molecule is CN(C)Cc1cc2ccccc2cc1B1OC(C)(C)C(C)(C)O1. The van der Waals surface area contributed by atoms with Gasteiger partial charge in [0, 0.05) is 6.54 Å². The van der Waals surface area contributed by atoms with Crippen molar-refractivity contribution < 1.29 is 9.31 Å². The molecule has 0 amide bonds. The maximum absolute atomic E-state index is 6.28. The van der Waals surface area contributed by atoms with Crippen LogP contribution < -0.4 is 5.46 Å². The van der Waals surface area contributed by atoms with Gasteiger partial charge in [0.1, 0.15) is 0 Å². The molecule has 23 heavy (non-hydrogen) atoms. The van der Waals surface area contributed by atoms with Crippen LogP contribution in [-0.2, 0) is 15.9 Å². The van der Waals surface area contributed by atoms with E-state index in [-0.39, 0.29) is 18.3 Å². The highest BCUT2D eigenvalue weighted by molar-refractivity contribution is 6.63. The van der Waals surface area contributed by atoms with Gasteiger partial charge in [0.15, 0.2) is 0 Å². The van der Waals surface area contributed by atoms with Gasteiger partial charge in [-0.05, 0) is 63.6 Å². The summed E-state index contributed by atoms with van der Waals surface area (Å²) in [6, 6.07) is 12.9. The van der Waals surface area contributed by atoms with Crippen molar-refractivity contribution in [3.05, 3.63) is 42.0 Å². The highest BCUT2D eigenvalue weighted by atomic mass is 16.7. The van der Waals surface area contributed by atoms with Crippen LogP contribution in [0.4, 0.5) is 0 Å². The van der Waals surface area contributed by atoms with E-state index in [2.05, 4.69) is 83.1 Å². The predicted molar refractivity (Wildman–Crippen MR) is 97.1 cm³/mol. The van der Waals surface area contributed by atoms with Crippen molar-refractivity contribution in [3.8, 4) is 0 Å². The summed E-state index contributed by atoms with van der Waals surface area (Å²) < 4.78 is 12.6. The van der Waals surface area contributed by atoms with Crippen molar-refractivity contribution in [1.29, 1.82) is 0 Å². The second kappa shape index (κ2) is 5.62. The Labute approximate surface area is 139 Å². The highest BCUT2D eigenvalue weighted by Gasteiger charge is 2.52. The van der Waals surface area contributed by atoms with Gasteiger partial charge in [0.2, 0.25) is 0 Å². The van der Waals surface area contributed by atoms with Crippen molar-refractivity contribution in [1.82, 2.24) is 4.90 Å². The number of hydrogen-bond donors (Lipinski definition) is 0. The molecule has 0 radical (unpaired) electrons. The van der Waals surface area contributed by atoms with E-state index in [0.717, 1.165) is 12.0 Å². The average Bonchev–Trinajstić information content (AvgIpc) is 2.66. The van der Waals surface area contributed by atoms with Gasteiger partial charge in [-0.3, -0.25) is 0 Å². The first kappa shape index (κ1) is 16.5. The monoisotopic (exact) mass is 311 g/mol. The third kappa shape index (κ3) is 3.03. The Morgan fingerprint density at radius 3 is 1.96 bits per heavy atom. The van der Waals surface area contributed by atoms with E-state index in [0.29, 0.717) is 0 Å². The Hall–Kier alpha value is -1.36. The minimum Gasteiger partial charge on any atom is -0.399 e. The number of hydrogen-bond acceptors (Lipinski definition) is 3. The number of fused-ring (bicyclic) bond motifs is 1. The predicted octanol–water partition coefficient (Wildman–Crippen LogP) is 3.20. The number of rotatable bonds is 3. The molecule has 0 saturated carbocycles. The van der Waals surface area contributed by atoms with Crippen LogP contribution >= 0.6 is 0 Å². The molecule has 0 aromatic heterocycles. The van der Waals surface area contributed by atoms with Gasteiger partial charge in [-0.2, -0.15) is 0 Å². The molecule has 2 aromatic rings. The molecule has 0 spiro atoms. The molecule has 0 unspecified atom stereocenters. The normalized spacial score (nSPS) is 19.7. The van der Waals surface area contributed by atoms with E-state index in [9.17, 15) is 0 Å². The van der Waals surface area contributed by atoms with E-state index >= 15 is 0 Å². The van der Waals surface area contributed by atoms with E-state index < -0.39 is 0 Å². The number of benzene rings is 2. The zero-order valence-electron chi connectivity index (χ0n) is 15.0. The van der Waals surface area contributed by atoms with Gasteiger partial charge >= 0.3 is 7.12 Å². The fourth-order valence-electron chi connectivity index (χ4n) is 2.97. The summed E-state index contributed by atoms with van der Waals surface area (Å²) in [4.78, 5) is 2.18. The Morgan fingerprint density at radius 2 is 1.43 bits per heavy atom. The first-order chi connectivity index (χ1) is 10.7. The number of nitrogens with zero attached hydrogens (tertiary/aromatic N) is 1. The van der Waals surface area contributed by atoms with Gasteiger partial charge in [-0.15, -0.1) is 0 Å². The maximum atomic E-state index is 6.28. The second-order valence-electron chi connectivity index (χ2n) is 7.72. The Morgan fingerprint density at radius 1 is 0.913 bits per heavy atom. The van der Waals surface area contributed by atoms with Gasteiger partial charge in [0.25, 0.3) is 0 Å². The molecule has 2 aromatic carbocycles. The molecule has 0 bridgehead atoms. The third-order valence-corrected chi connectivity index (χ3v) is 5.00. The quantitative estimate of drug-likeness (QED) is 0.813. The van der Waals surface area contributed by atoms with Crippen LogP contribution in [0.2, 0.25) is 0 Å². The summed E-state index contributed by atoms with van der Waals surface area (Å²) in [6.45, 7) is 9.25. The van der Waals surface area contributed by atoms with Crippen LogP contribution in [0.3, 0.4) is 0 Å². The molecule has 3 rings (SSSR count). The summed E-state index contributed by atoms with van der Waals surface area (Å²) >= 11 is 0. The topological polar surface area (TPSA) is 21.7 Å². The van der Waals surface area contributed by atoms with Crippen LogP contribution in [0, 0.1) is 0 Å². The highest BCUT2D eigenvalue weighted by Crippen LogP contribution is 2.37. The Kier molecular flexibility index (Phi) is 4.03. The lowest BCUT2D eigenvalue weighted by molar-refractivity contribution is 0.00578. The van der Waals surface area contributed by atoms with Crippen molar-refractivity contribution in [2.75, 3.05) is 14.1 Å². The van der Waals surface area contributed by atoms with Gasteiger partial charge in [-0.1, -0.05) is 36.4 Å². The standard InChI is InChI=1S/C19H26BNO2/c1-18(2)19(3,4)23-20(22-18)17-12-15-10-8-7-9-14(15)11-16(17)13-21(5)6/h7-12H,13H2,1-6H3. The molecule has 122 valence electrons. The molecule has 1 saturated heterocycles. The molecule has 1 aliphatic rings. The van der Waals surface area contributed by atoms with E-state index in [1.807, 2.05) is 0 Å². The molecule has 1 fully saturated rings. The fourth-order valence-corrected chi connectivity index (χ4v) is 2.97. The summed E-state index contributed by atoms with van der Waals surface area (Å²) in [6.07, 6.45) is 0. The van der Waals surface area contributed by atoms with Crippen molar-refractivity contribution in [2.24, 2.45) is 0 Å². The van der Waals surface area contributed by atoms with Gasteiger partial charge in [0.05, 0.1) is 11.2 Å². The van der Waals surface area contributed by atoms with Crippen LogP contribution in [0.25, 0.3) is 10.8 Å². The zero-order valence-corrected chi connectivity index (χ0v) is 15.0. The lowest BCUT2D eigenvalue weighted by Crippen LogP contribution is -2.41. The Balaban J connectivity index is 2.08. The molecule has 1 aliphatic heterocycles. The van der Waals surface area contributed by atoms with Crippen LogP contribution in [0.5, 0.6) is 0 Å². The molecule has 0 N–H and O–H groups in total. The Bertz CT molecular complexity index is 708. The first-order valence-corrected chi connectivity index (χ1v) is 8.21. The summed E-state index contributed by atoms with van der Waals surface area (Å²) in [5.41, 5.74) is 1.75. The summed E-state index contributed by atoms with van der Waals surface area (Å²) in [7, 11) is 3.85. The largest absolute Gasteiger partial charge is 0.495 e. The lowest BCUT2D eigenvalue weighted by Gasteiger charge is -2.32. The van der Waals surface area contributed by atoms with Crippen molar-refractivity contribution >= 4 is 23.4 Å². The van der Waals surface area contributed by atoms with Crippen molar-refractivity contribution in [3.63, 3.8) is 0 Å². The zero-order chi connectivity index (χ0) is 16.8. The molecule has 3 nitrogen and oxygen atoms in total. The second-order valence-corrected chi connectivity index (χ2v) is 7.72. The third-order valence-electron chi connectivity index (χ3n) is 5.00. The average molecular weight is 311 g/mol. The minimum absolute atomic E-state index is 0.320. The van der Waals surface area contributed by atoms with Crippen molar-refractivity contribution in [2.45, 2.75) is 45.4 Å². The first-order valence-electron chi connectivity index (χ1n) is 8.21. The molecule has 0 aliphatic carbocycles. The molecule has 1 heterocycles. The molecule has 4 heteroatoms. The van der Waals surface area contributed by atoms with Gasteiger partial charge < -0.3 is 14.2 Å². The summed E-state index contributed by atoms with van der Waals surface area (Å²) in [5.74, 6) is 0. The smallest absolute Gasteiger partial charge is 0.399 e. The lowest BCUT2D eigenvalue weighted by atomic mass is 9.74. The summed E-state index contributed by atoms with van der Waals surface area (Å²) in [5, 5.41) is 2.48. The minimum atomic E-state index is -0.321. The fraction of sp³-hybridized carbons (Fsp3) is 0.474.